The number of nitrogens with one attached hydrogen (secondary N) is 5. The van der Waals surface area contributed by atoms with Crippen LogP contribution in [-0.4, -0.2) is 85.9 Å². The third-order valence-corrected chi connectivity index (χ3v) is 6.26. The molecule has 5 N–H and O–H groups in total. The first-order valence-corrected chi connectivity index (χ1v) is 14.9. The van der Waals surface area contributed by atoms with E-state index in [0.29, 0.717) is 19.1 Å². The van der Waals surface area contributed by atoms with Gasteiger partial charge in [0.1, 0.15) is 11.2 Å². The number of benzene rings is 1. The lowest BCUT2D eigenvalue weighted by Gasteiger charge is -2.29. The Hall–Kier alpha value is -3.78. The maximum atomic E-state index is 13.6. The number of nitrogens with zero attached hydrogens (tertiary/aromatic N) is 1. The standard InChI is InChI=1S/C30H50N6O8/c1-10-31-19-11-13-20(14-12-19)33-26(38)22-17-21(25(37)32-15-16-36(8)9)23(43-34-27(39)41-29(2,3)4)18-24(22)44-35-28(40)42-30(5,6)7/h17-20,31H,10-16H2,1-9H3,(H,32,37)(H,33,38)(H,34,39)(H,35,40)/t19-,20-. The zero-order chi connectivity index (χ0) is 33.1. The molecule has 1 aromatic rings. The number of likely N-dealkylation sites (N-methyl/N-ethyl adjacent to an activating group) is 1. The molecule has 44 heavy (non-hydrogen) atoms. The van der Waals surface area contributed by atoms with E-state index in [9.17, 15) is 19.2 Å². The van der Waals surface area contributed by atoms with Crippen molar-refractivity contribution in [3.8, 4) is 11.5 Å². The molecule has 248 valence electrons. The topological polar surface area (TPSA) is 169 Å². The number of hydrogen-bond donors (Lipinski definition) is 5. The molecule has 14 heteroatoms. The van der Waals surface area contributed by atoms with Gasteiger partial charge in [-0.2, -0.15) is 11.0 Å². The molecule has 1 fully saturated rings. The molecule has 0 spiro atoms. The molecule has 0 unspecified atom stereocenters. The van der Waals surface area contributed by atoms with Gasteiger partial charge in [-0.15, -0.1) is 0 Å². The van der Waals surface area contributed by atoms with Gasteiger partial charge < -0.3 is 40.0 Å². The van der Waals surface area contributed by atoms with Gasteiger partial charge >= 0.3 is 12.2 Å². The van der Waals surface area contributed by atoms with Gasteiger partial charge in [0.2, 0.25) is 0 Å². The summed E-state index contributed by atoms with van der Waals surface area (Å²) in [7, 11) is 3.73. The van der Waals surface area contributed by atoms with Crippen LogP contribution in [0.1, 0.15) is 94.9 Å². The molecule has 4 amide bonds. The molecular weight excluding hydrogens is 572 g/mol. The van der Waals surface area contributed by atoms with Crippen LogP contribution in [0.5, 0.6) is 11.5 Å². The molecule has 0 aromatic heterocycles. The molecule has 0 aliphatic heterocycles. The third kappa shape index (κ3) is 13.2. The van der Waals surface area contributed by atoms with Crippen molar-refractivity contribution in [3.05, 3.63) is 23.3 Å². The summed E-state index contributed by atoms with van der Waals surface area (Å²) < 4.78 is 10.5. The fraction of sp³-hybridized carbons (Fsp3) is 0.667. The number of rotatable bonds is 12. The number of carbonyl (C=O) groups excluding carboxylic acids is 4. The Kier molecular flexibility index (Phi) is 13.5. The van der Waals surface area contributed by atoms with E-state index in [-0.39, 0.29) is 28.7 Å². The van der Waals surface area contributed by atoms with Gasteiger partial charge in [-0.3, -0.25) is 9.59 Å². The van der Waals surface area contributed by atoms with Crippen LogP contribution in [-0.2, 0) is 9.47 Å². The lowest BCUT2D eigenvalue weighted by atomic mass is 9.91. The molecule has 0 radical (unpaired) electrons. The molecule has 0 bridgehead atoms. The van der Waals surface area contributed by atoms with Crippen LogP contribution in [0.3, 0.4) is 0 Å². The lowest BCUT2D eigenvalue weighted by Crippen LogP contribution is -2.42. The molecule has 1 saturated carbocycles. The zero-order valence-corrected chi connectivity index (χ0v) is 27.5. The van der Waals surface area contributed by atoms with E-state index in [1.165, 1.54) is 12.1 Å². The monoisotopic (exact) mass is 622 g/mol. The average Bonchev–Trinajstić information content (AvgIpc) is 2.89. The highest BCUT2D eigenvalue weighted by Crippen LogP contribution is 2.30. The van der Waals surface area contributed by atoms with Crippen molar-refractivity contribution in [1.82, 2.24) is 31.8 Å². The zero-order valence-electron chi connectivity index (χ0n) is 27.5. The van der Waals surface area contributed by atoms with Gasteiger partial charge in [0.25, 0.3) is 11.8 Å². The third-order valence-electron chi connectivity index (χ3n) is 6.26. The van der Waals surface area contributed by atoms with E-state index in [0.717, 1.165) is 32.2 Å². The van der Waals surface area contributed by atoms with Crippen LogP contribution in [0.2, 0.25) is 0 Å². The summed E-state index contributed by atoms with van der Waals surface area (Å²) in [5.41, 5.74) is 2.63. The Morgan fingerprint density at radius 1 is 0.773 bits per heavy atom. The van der Waals surface area contributed by atoms with Gasteiger partial charge in [-0.1, -0.05) is 6.92 Å². The van der Waals surface area contributed by atoms with Crippen molar-refractivity contribution < 1.29 is 38.3 Å². The SMILES string of the molecule is CCN[C@H]1CC[C@H](NC(=O)c2cc(C(=O)NCCN(C)C)c(ONC(=O)OC(C)(C)C)cc2ONC(=O)OC(C)(C)C)CC1. The Morgan fingerprint density at radius 2 is 1.25 bits per heavy atom. The molecule has 0 atom stereocenters. The average molecular weight is 623 g/mol. The first-order valence-electron chi connectivity index (χ1n) is 14.9. The van der Waals surface area contributed by atoms with E-state index in [1.807, 2.05) is 19.0 Å². The number of carbonyl (C=O) groups is 4. The second kappa shape index (κ2) is 16.3. The van der Waals surface area contributed by atoms with Crippen molar-refractivity contribution >= 4 is 24.0 Å². The predicted octanol–water partition coefficient (Wildman–Crippen LogP) is 3.27. The second-order valence-electron chi connectivity index (χ2n) is 12.9. The van der Waals surface area contributed by atoms with Crippen molar-refractivity contribution in [2.24, 2.45) is 0 Å². The quantitative estimate of drug-likeness (QED) is 0.218. The van der Waals surface area contributed by atoms with Crippen molar-refractivity contribution in [2.45, 2.75) is 97.4 Å². The number of hydroxylamine groups is 2. The van der Waals surface area contributed by atoms with Crippen LogP contribution < -0.4 is 36.6 Å². The maximum Gasteiger partial charge on any atom is 0.441 e. The van der Waals surface area contributed by atoms with Gasteiger partial charge in [0.15, 0.2) is 11.5 Å². The summed E-state index contributed by atoms with van der Waals surface area (Å²) >= 11 is 0. The number of amides is 4. The van der Waals surface area contributed by atoms with E-state index >= 15 is 0 Å². The van der Waals surface area contributed by atoms with Crippen LogP contribution >= 0.6 is 0 Å². The van der Waals surface area contributed by atoms with E-state index in [1.54, 1.807) is 41.5 Å². The Bertz CT molecular complexity index is 1140. The molecule has 1 aliphatic rings. The van der Waals surface area contributed by atoms with E-state index in [4.69, 9.17) is 19.1 Å². The first kappa shape index (κ1) is 36.4. The molecule has 14 nitrogen and oxygen atoms in total. The fourth-order valence-electron chi connectivity index (χ4n) is 4.36. The smallest absolute Gasteiger partial charge is 0.441 e. The summed E-state index contributed by atoms with van der Waals surface area (Å²) in [6, 6.07) is 2.83. The minimum Gasteiger partial charge on any atom is -0.442 e. The summed E-state index contributed by atoms with van der Waals surface area (Å²) in [4.78, 5) is 64.5. The van der Waals surface area contributed by atoms with Crippen LogP contribution in [0.25, 0.3) is 0 Å². The number of ether oxygens (including phenoxy) is 2. The molecular formula is C30H50N6O8. The molecule has 0 heterocycles. The van der Waals surface area contributed by atoms with E-state index in [2.05, 4.69) is 33.8 Å². The van der Waals surface area contributed by atoms with Crippen LogP contribution in [0.15, 0.2) is 12.1 Å². The van der Waals surface area contributed by atoms with Gasteiger partial charge in [0, 0.05) is 31.2 Å². The summed E-state index contributed by atoms with van der Waals surface area (Å²) in [6.07, 6.45) is 1.56. The minimum absolute atomic E-state index is 0.0303. The Balaban J connectivity index is 2.42. The molecule has 1 aliphatic carbocycles. The largest absolute Gasteiger partial charge is 0.442 e. The highest BCUT2D eigenvalue weighted by atomic mass is 16.7. The lowest BCUT2D eigenvalue weighted by molar-refractivity contribution is 0.0275. The molecule has 0 saturated heterocycles. The Labute approximate surface area is 260 Å². The predicted molar refractivity (Wildman–Crippen MR) is 165 cm³/mol. The summed E-state index contributed by atoms with van der Waals surface area (Å²) in [5.74, 6) is -1.35. The Morgan fingerprint density at radius 3 is 1.70 bits per heavy atom. The number of hydrogen-bond acceptors (Lipinski definition) is 10. The maximum absolute atomic E-state index is 13.6. The first-order chi connectivity index (χ1) is 20.5. The molecule has 2 rings (SSSR count). The van der Waals surface area contributed by atoms with Crippen molar-refractivity contribution in [2.75, 3.05) is 33.7 Å². The minimum atomic E-state index is -0.902. The van der Waals surface area contributed by atoms with Crippen LogP contribution in [0, 0.1) is 0 Å². The van der Waals surface area contributed by atoms with E-state index < -0.39 is 35.2 Å². The highest BCUT2D eigenvalue weighted by Gasteiger charge is 2.28. The summed E-state index contributed by atoms with van der Waals surface area (Å²) in [5, 5.41) is 9.25. The van der Waals surface area contributed by atoms with Crippen molar-refractivity contribution in [3.63, 3.8) is 0 Å². The fourth-order valence-corrected chi connectivity index (χ4v) is 4.36. The highest BCUT2D eigenvalue weighted by molar-refractivity contribution is 6.03. The van der Waals surface area contributed by atoms with Crippen molar-refractivity contribution in [1.29, 1.82) is 0 Å². The molecule has 1 aromatic carbocycles. The van der Waals surface area contributed by atoms with Crippen LogP contribution in [0.4, 0.5) is 9.59 Å². The second-order valence-corrected chi connectivity index (χ2v) is 12.9. The van der Waals surface area contributed by atoms with Gasteiger partial charge in [-0.25, -0.2) is 9.59 Å². The van der Waals surface area contributed by atoms with Gasteiger partial charge in [-0.05, 0) is 93.9 Å². The van der Waals surface area contributed by atoms with Gasteiger partial charge in [0.05, 0.1) is 11.1 Å². The normalized spacial score (nSPS) is 16.9. The summed E-state index contributed by atoms with van der Waals surface area (Å²) in [6.45, 7) is 13.9.